The molecule has 2 aliphatic heterocycles. The van der Waals surface area contributed by atoms with Crippen molar-refractivity contribution in [2.45, 2.75) is 51.0 Å². The van der Waals surface area contributed by atoms with Crippen molar-refractivity contribution in [1.29, 1.82) is 0 Å². The molecule has 0 bridgehead atoms. The average molecular weight is 393 g/mol. The summed E-state index contributed by atoms with van der Waals surface area (Å²) in [6.45, 7) is 2.92. The Bertz CT molecular complexity index is 692. The second-order valence-electron chi connectivity index (χ2n) is 7.84. The van der Waals surface area contributed by atoms with E-state index in [0.717, 1.165) is 44.8 Å². The number of halogens is 2. The van der Waals surface area contributed by atoms with Gasteiger partial charge in [0.05, 0.1) is 6.04 Å². The smallest absolute Gasteiger partial charge is 0.237 e. The fourth-order valence-corrected chi connectivity index (χ4v) is 4.03. The number of aryl methyl sites for hydroxylation is 1. The SMILES string of the molecule is O=C(NCC1CCCN(C(=O)CCCc2ccc(F)c(F)c2)C1)C1CCCN1. The lowest BCUT2D eigenvalue weighted by Gasteiger charge is -2.33. The van der Waals surface area contributed by atoms with Crippen LogP contribution in [-0.2, 0) is 16.0 Å². The van der Waals surface area contributed by atoms with E-state index in [9.17, 15) is 18.4 Å². The maximum Gasteiger partial charge on any atom is 0.237 e. The number of hydrogen-bond acceptors (Lipinski definition) is 3. The minimum absolute atomic E-state index is 0.0625. The van der Waals surface area contributed by atoms with Gasteiger partial charge < -0.3 is 15.5 Å². The van der Waals surface area contributed by atoms with Crippen LogP contribution >= 0.6 is 0 Å². The van der Waals surface area contributed by atoms with E-state index in [1.165, 1.54) is 6.07 Å². The molecule has 5 nitrogen and oxygen atoms in total. The topological polar surface area (TPSA) is 61.4 Å². The van der Waals surface area contributed by atoms with Gasteiger partial charge in [-0.2, -0.15) is 0 Å². The van der Waals surface area contributed by atoms with Gasteiger partial charge in [0.2, 0.25) is 11.8 Å². The minimum atomic E-state index is -0.852. The predicted molar refractivity (Wildman–Crippen MR) is 103 cm³/mol. The molecule has 0 radical (unpaired) electrons. The quantitative estimate of drug-likeness (QED) is 0.748. The average Bonchev–Trinajstić information content (AvgIpc) is 3.24. The third kappa shape index (κ3) is 5.74. The first-order chi connectivity index (χ1) is 13.5. The number of rotatable bonds is 7. The van der Waals surface area contributed by atoms with Crippen molar-refractivity contribution in [2.24, 2.45) is 5.92 Å². The summed E-state index contributed by atoms with van der Waals surface area (Å²) in [5, 5.41) is 6.22. The molecule has 0 saturated carbocycles. The highest BCUT2D eigenvalue weighted by atomic mass is 19.2. The summed E-state index contributed by atoms with van der Waals surface area (Å²) in [7, 11) is 0. The zero-order valence-electron chi connectivity index (χ0n) is 16.2. The number of carbonyl (C=O) groups is 2. The van der Waals surface area contributed by atoms with Crippen LogP contribution < -0.4 is 10.6 Å². The van der Waals surface area contributed by atoms with Gasteiger partial charge in [0.1, 0.15) is 0 Å². The molecule has 0 aliphatic carbocycles. The lowest BCUT2D eigenvalue weighted by atomic mass is 9.97. The van der Waals surface area contributed by atoms with Crippen molar-refractivity contribution in [2.75, 3.05) is 26.2 Å². The van der Waals surface area contributed by atoms with Gasteiger partial charge in [-0.15, -0.1) is 0 Å². The zero-order chi connectivity index (χ0) is 19.9. The van der Waals surface area contributed by atoms with Gasteiger partial charge in [-0.05, 0) is 68.7 Å². The normalized spacial score (nSPS) is 22.3. The van der Waals surface area contributed by atoms with E-state index in [1.807, 2.05) is 4.90 Å². The second-order valence-corrected chi connectivity index (χ2v) is 7.84. The summed E-state index contributed by atoms with van der Waals surface area (Å²) in [6, 6.07) is 3.80. The van der Waals surface area contributed by atoms with Crippen LogP contribution in [0.1, 0.15) is 44.1 Å². The third-order valence-corrected chi connectivity index (χ3v) is 5.65. The molecule has 2 aliphatic rings. The third-order valence-electron chi connectivity index (χ3n) is 5.65. The first kappa shape index (κ1) is 20.7. The first-order valence-corrected chi connectivity index (χ1v) is 10.3. The Morgan fingerprint density at radius 3 is 2.79 bits per heavy atom. The highest BCUT2D eigenvalue weighted by molar-refractivity contribution is 5.82. The summed E-state index contributed by atoms with van der Waals surface area (Å²) in [5.41, 5.74) is 0.700. The number of nitrogens with one attached hydrogen (secondary N) is 2. The van der Waals surface area contributed by atoms with E-state index < -0.39 is 11.6 Å². The van der Waals surface area contributed by atoms with Gasteiger partial charge in [-0.1, -0.05) is 6.07 Å². The van der Waals surface area contributed by atoms with E-state index in [1.54, 1.807) is 6.07 Å². The van der Waals surface area contributed by atoms with Crippen LogP contribution in [0.5, 0.6) is 0 Å². The van der Waals surface area contributed by atoms with Crippen molar-refractivity contribution in [3.8, 4) is 0 Å². The van der Waals surface area contributed by atoms with E-state index >= 15 is 0 Å². The van der Waals surface area contributed by atoms with Gasteiger partial charge in [0, 0.05) is 26.1 Å². The number of likely N-dealkylation sites (tertiary alicyclic amines) is 1. The van der Waals surface area contributed by atoms with E-state index in [0.29, 0.717) is 37.9 Å². The Kier molecular flexibility index (Phi) is 7.36. The molecular weight excluding hydrogens is 364 g/mol. The number of piperidine rings is 1. The Balaban J connectivity index is 1.38. The maximum atomic E-state index is 13.2. The second kappa shape index (κ2) is 9.96. The van der Waals surface area contributed by atoms with Gasteiger partial charge in [0.15, 0.2) is 11.6 Å². The molecule has 1 aromatic rings. The Labute approximate surface area is 164 Å². The Morgan fingerprint density at radius 2 is 2.04 bits per heavy atom. The largest absolute Gasteiger partial charge is 0.354 e. The summed E-state index contributed by atoms with van der Waals surface area (Å²) < 4.78 is 26.2. The van der Waals surface area contributed by atoms with Crippen molar-refractivity contribution in [3.63, 3.8) is 0 Å². The zero-order valence-corrected chi connectivity index (χ0v) is 16.2. The van der Waals surface area contributed by atoms with Crippen LogP contribution in [0, 0.1) is 17.6 Å². The molecule has 0 spiro atoms. The summed E-state index contributed by atoms with van der Waals surface area (Å²) >= 11 is 0. The first-order valence-electron chi connectivity index (χ1n) is 10.3. The standard InChI is InChI=1S/C21H29F2N3O2/c22-17-9-8-15(12-18(17)23)4-1-7-20(27)26-11-3-5-16(14-26)13-25-21(28)19-6-2-10-24-19/h8-9,12,16,19,24H,1-7,10-11,13-14H2,(H,25,28). The molecule has 7 heteroatoms. The summed E-state index contributed by atoms with van der Waals surface area (Å²) in [4.78, 5) is 26.5. The van der Waals surface area contributed by atoms with Crippen LogP contribution in [0.4, 0.5) is 8.78 Å². The highest BCUT2D eigenvalue weighted by Crippen LogP contribution is 2.18. The fourth-order valence-electron chi connectivity index (χ4n) is 4.03. The minimum Gasteiger partial charge on any atom is -0.354 e. The van der Waals surface area contributed by atoms with Crippen molar-refractivity contribution in [3.05, 3.63) is 35.4 Å². The van der Waals surface area contributed by atoms with Gasteiger partial charge in [0.25, 0.3) is 0 Å². The van der Waals surface area contributed by atoms with Crippen LogP contribution in [-0.4, -0.2) is 48.9 Å². The lowest BCUT2D eigenvalue weighted by molar-refractivity contribution is -0.133. The number of benzene rings is 1. The van der Waals surface area contributed by atoms with E-state index in [2.05, 4.69) is 10.6 Å². The molecule has 1 aromatic carbocycles. The van der Waals surface area contributed by atoms with Crippen molar-refractivity contribution >= 4 is 11.8 Å². The van der Waals surface area contributed by atoms with Crippen LogP contribution in [0.3, 0.4) is 0 Å². The molecular formula is C21H29F2N3O2. The molecule has 154 valence electrons. The Morgan fingerprint density at radius 1 is 1.18 bits per heavy atom. The van der Waals surface area contributed by atoms with E-state index in [-0.39, 0.29) is 23.8 Å². The molecule has 2 fully saturated rings. The highest BCUT2D eigenvalue weighted by Gasteiger charge is 2.26. The van der Waals surface area contributed by atoms with Crippen molar-refractivity contribution < 1.29 is 18.4 Å². The molecule has 2 unspecified atom stereocenters. The molecule has 3 rings (SSSR count). The predicted octanol–water partition coefficient (Wildman–Crippen LogP) is 2.39. The Hall–Kier alpha value is -2.02. The molecule has 2 saturated heterocycles. The van der Waals surface area contributed by atoms with Crippen LogP contribution in [0.25, 0.3) is 0 Å². The molecule has 2 amide bonds. The lowest BCUT2D eigenvalue weighted by Crippen LogP contribution is -2.46. The monoisotopic (exact) mass is 393 g/mol. The van der Waals surface area contributed by atoms with Gasteiger partial charge >= 0.3 is 0 Å². The fraction of sp³-hybridized carbons (Fsp3) is 0.619. The summed E-state index contributed by atoms with van der Waals surface area (Å²) in [6.07, 6.45) is 5.42. The van der Waals surface area contributed by atoms with Gasteiger partial charge in [-0.3, -0.25) is 9.59 Å². The summed E-state index contributed by atoms with van der Waals surface area (Å²) in [5.74, 6) is -1.26. The molecule has 28 heavy (non-hydrogen) atoms. The van der Waals surface area contributed by atoms with E-state index in [4.69, 9.17) is 0 Å². The molecule has 2 heterocycles. The molecule has 0 aromatic heterocycles. The number of hydrogen-bond donors (Lipinski definition) is 2. The van der Waals surface area contributed by atoms with Crippen molar-refractivity contribution in [1.82, 2.24) is 15.5 Å². The van der Waals surface area contributed by atoms with Crippen LogP contribution in [0.2, 0.25) is 0 Å². The maximum absolute atomic E-state index is 13.2. The van der Waals surface area contributed by atoms with Crippen LogP contribution in [0.15, 0.2) is 18.2 Å². The number of amides is 2. The molecule has 2 atom stereocenters. The number of carbonyl (C=O) groups excluding carboxylic acids is 2. The van der Waals surface area contributed by atoms with Gasteiger partial charge in [-0.25, -0.2) is 8.78 Å². The molecule has 2 N–H and O–H groups in total. The number of nitrogens with zero attached hydrogens (tertiary/aromatic N) is 1.